The van der Waals surface area contributed by atoms with Gasteiger partial charge in [0.25, 0.3) is 5.91 Å². The fourth-order valence-electron chi connectivity index (χ4n) is 2.42. The molecule has 0 bridgehead atoms. The van der Waals surface area contributed by atoms with Crippen LogP contribution < -0.4 is 10.8 Å². The fraction of sp³-hybridized carbons (Fsp3) is 0.300. The maximum atomic E-state index is 15.0. The van der Waals surface area contributed by atoms with Crippen LogP contribution in [0.25, 0.3) is 10.2 Å². The van der Waals surface area contributed by atoms with Crippen molar-refractivity contribution in [2.75, 3.05) is 25.6 Å². The molecule has 1 amide bonds. The number of nitrogens with zero attached hydrogens (tertiary/aromatic N) is 1. The highest BCUT2D eigenvalue weighted by molar-refractivity contribution is 7.16. The van der Waals surface area contributed by atoms with Crippen molar-refractivity contribution in [3.05, 3.63) is 52.5 Å². The van der Waals surface area contributed by atoms with E-state index in [1.807, 2.05) is 13.8 Å². The molecule has 0 saturated carbocycles. The lowest BCUT2D eigenvalue weighted by molar-refractivity contribution is 0.00893. The third-order valence-electron chi connectivity index (χ3n) is 3.75. The van der Waals surface area contributed by atoms with Gasteiger partial charge >= 0.3 is 0 Å². The minimum absolute atomic E-state index is 0.0263. The first kappa shape index (κ1) is 22.7. The average Bonchev–Trinajstić information content (AvgIpc) is 3.19. The molecule has 2 aromatic carbocycles. The van der Waals surface area contributed by atoms with Gasteiger partial charge in [-0.25, -0.2) is 19.2 Å². The summed E-state index contributed by atoms with van der Waals surface area (Å²) in [5, 5.41) is 2.67. The summed E-state index contributed by atoms with van der Waals surface area (Å²) in [6.45, 7) is 6.15. The van der Waals surface area contributed by atoms with Gasteiger partial charge in [-0.3, -0.25) is 9.63 Å². The van der Waals surface area contributed by atoms with Crippen LogP contribution in [-0.4, -0.2) is 31.2 Å². The van der Waals surface area contributed by atoms with Gasteiger partial charge in [0.05, 0.1) is 40.4 Å². The predicted molar refractivity (Wildman–Crippen MR) is 111 cm³/mol. The molecule has 0 radical (unpaired) electrons. The van der Waals surface area contributed by atoms with Gasteiger partial charge in [-0.2, -0.15) is 0 Å². The summed E-state index contributed by atoms with van der Waals surface area (Å²) < 4.78 is 34.5. The number of anilines is 2. The number of aromatic nitrogens is 1. The quantitative estimate of drug-likeness (QED) is 0.415. The first-order valence-corrected chi connectivity index (χ1v) is 9.89. The number of carbonyl (C=O) groups excluding carboxylic acids is 1. The molecule has 9 heteroatoms. The van der Waals surface area contributed by atoms with Crippen LogP contribution in [0.4, 0.5) is 20.2 Å². The molecular weight excluding hydrogens is 400 g/mol. The molecule has 0 spiro atoms. The summed E-state index contributed by atoms with van der Waals surface area (Å²) >= 11 is 1.19. The number of hydrogen-bond acceptors (Lipinski definition) is 6. The lowest BCUT2D eigenvalue weighted by atomic mass is 10.1. The molecule has 1 heterocycles. The summed E-state index contributed by atoms with van der Waals surface area (Å²) in [7, 11) is 1.50. The second-order valence-electron chi connectivity index (χ2n) is 5.69. The zero-order valence-electron chi connectivity index (χ0n) is 16.6. The van der Waals surface area contributed by atoms with Crippen molar-refractivity contribution in [2.45, 2.75) is 20.8 Å². The molecule has 6 nitrogen and oxygen atoms in total. The molecule has 156 valence electrons. The number of rotatable bonds is 7. The van der Waals surface area contributed by atoms with E-state index in [2.05, 4.69) is 15.8 Å². The van der Waals surface area contributed by atoms with Gasteiger partial charge in [0.2, 0.25) is 0 Å². The number of thiazole rings is 1. The van der Waals surface area contributed by atoms with Crippen LogP contribution in [0.3, 0.4) is 0 Å². The van der Waals surface area contributed by atoms with Crippen molar-refractivity contribution in [2.24, 2.45) is 0 Å². The van der Waals surface area contributed by atoms with Gasteiger partial charge in [-0.15, -0.1) is 11.3 Å². The largest absolute Gasteiger partial charge is 0.382 e. The molecule has 1 aromatic heterocycles. The number of fused-ring (bicyclic) bond motifs is 1. The SMILES string of the molecule is CC.COCCONC(=O)c1cc2scnc2c(F)c1Nc1ccc(C)cc1F. The van der Waals surface area contributed by atoms with E-state index in [4.69, 9.17) is 9.57 Å². The Morgan fingerprint density at radius 1 is 1.21 bits per heavy atom. The molecule has 0 aliphatic rings. The maximum absolute atomic E-state index is 15.0. The van der Waals surface area contributed by atoms with Crippen LogP contribution in [0, 0.1) is 18.6 Å². The van der Waals surface area contributed by atoms with Crippen molar-refractivity contribution in [3.63, 3.8) is 0 Å². The maximum Gasteiger partial charge on any atom is 0.277 e. The van der Waals surface area contributed by atoms with Crippen molar-refractivity contribution >= 4 is 38.8 Å². The standard InChI is InChI=1S/C18H17F2N3O3S.C2H6/c1-10-3-4-13(12(19)7-10)22-16-11(18(24)23-26-6-5-25-2)8-14-17(15(16)20)21-9-27-14;1-2/h3-4,7-9,22H,5-6H2,1-2H3,(H,23,24);1-2H3. The molecule has 29 heavy (non-hydrogen) atoms. The normalized spacial score (nSPS) is 10.4. The van der Waals surface area contributed by atoms with Crippen LogP contribution in [0.2, 0.25) is 0 Å². The molecule has 0 atom stereocenters. The predicted octanol–water partition coefficient (Wildman–Crippen LogP) is 4.96. The topological polar surface area (TPSA) is 72.5 Å². The third-order valence-corrected chi connectivity index (χ3v) is 4.53. The number of aryl methyl sites for hydroxylation is 1. The number of hydrogen-bond donors (Lipinski definition) is 2. The van der Waals surface area contributed by atoms with Gasteiger partial charge in [0.15, 0.2) is 5.82 Å². The lowest BCUT2D eigenvalue weighted by Gasteiger charge is -2.14. The van der Waals surface area contributed by atoms with E-state index in [1.54, 1.807) is 13.0 Å². The summed E-state index contributed by atoms with van der Waals surface area (Å²) in [6.07, 6.45) is 0. The van der Waals surface area contributed by atoms with Gasteiger partial charge in [0.1, 0.15) is 11.3 Å². The smallest absolute Gasteiger partial charge is 0.277 e. The molecule has 3 rings (SSSR count). The van der Waals surface area contributed by atoms with E-state index in [0.29, 0.717) is 4.70 Å². The Hall–Kier alpha value is -2.62. The number of amides is 1. The van der Waals surface area contributed by atoms with Crippen LogP contribution in [0.1, 0.15) is 29.8 Å². The molecule has 2 N–H and O–H groups in total. The zero-order valence-corrected chi connectivity index (χ0v) is 17.5. The number of ether oxygens (including phenoxy) is 1. The Balaban J connectivity index is 0.00000145. The molecule has 0 saturated heterocycles. The van der Waals surface area contributed by atoms with Crippen molar-refractivity contribution in [1.82, 2.24) is 10.5 Å². The van der Waals surface area contributed by atoms with E-state index in [-0.39, 0.29) is 35.7 Å². The number of benzene rings is 2. The Bertz CT molecular complexity index is 979. The van der Waals surface area contributed by atoms with Crippen molar-refractivity contribution in [1.29, 1.82) is 0 Å². The van der Waals surface area contributed by atoms with E-state index in [1.165, 1.54) is 42.2 Å². The Morgan fingerprint density at radius 2 is 1.97 bits per heavy atom. The van der Waals surface area contributed by atoms with Crippen molar-refractivity contribution < 1.29 is 23.1 Å². The monoisotopic (exact) mass is 423 g/mol. The second kappa shape index (κ2) is 10.8. The molecular formula is C20H23F2N3O3S. The fourth-order valence-corrected chi connectivity index (χ4v) is 3.13. The van der Waals surface area contributed by atoms with Gasteiger partial charge in [-0.1, -0.05) is 19.9 Å². The van der Waals surface area contributed by atoms with E-state index >= 15 is 0 Å². The van der Waals surface area contributed by atoms with E-state index in [0.717, 1.165) is 5.56 Å². The average molecular weight is 423 g/mol. The summed E-state index contributed by atoms with van der Waals surface area (Å²) in [6, 6.07) is 5.96. The van der Waals surface area contributed by atoms with E-state index in [9.17, 15) is 13.6 Å². The summed E-state index contributed by atoms with van der Waals surface area (Å²) in [5.41, 5.74) is 4.37. The molecule has 0 aliphatic heterocycles. The Morgan fingerprint density at radius 3 is 2.66 bits per heavy atom. The van der Waals surface area contributed by atoms with Crippen LogP contribution >= 0.6 is 11.3 Å². The summed E-state index contributed by atoms with van der Waals surface area (Å²) in [4.78, 5) is 21.5. The molecule has 0 unspecified atom stereocenters. The molecule has 0 fully saturated rings. The first-order valence-electron chi connectivity index (χ1n) is 9.01. The molecule has 0 aliphatic carbocycles. The van der Waals surface area contributed by atoms with E-state index < -0.39 is 17.5 Å². The van der Waals surface area contributed by atoms with Crippen molar-refractivity contribution in [3.8, 4) is 0 Å². The Kier molecular flexibility index (Phi) is 8.44. The number of methoxy groups -OCH3 is 1. The number of halogens is 2. The zero-order chi connectivity index (χ0) is 21.4. The molecule has 3 aromatic rings. The number of hydroxylamine groups is 1. The third kappa shape index (κ3) is 5.47. The number of nitrogens with one attached hydrogen (secondary N) is 2. The van der Waals surface area contributed by atoms with Crippen LogP contribution in [0.5, 0.6) is 0 Å². The first-order chi connectivity index (χ1) is 14.0. The van der Waals surface area contributed by atoms with Crippen LogP contribution in [-0.2, 0) is 9.57 Å². The van der Waals surface area contributed by atoms with Crippen LogP contribution in [0.15, 0.2) is 29.8 Å². The van der Waals surface area contributed by atoms with Gasteiger partial charge < -0.3 is 10.1 Å². The minimum atomic E-state index is -0.740. The van der Waals surface area contributed by atoms with Gasteiger partial charge in [-0.05, 0) is 30.7 Å². The van der Waals surface area contributed by atoms with Gasteiger partial charge in [0, 0.05) is 7.11 Å². The Labute approximate surface area is 171 Å². The summed E-state index contributed by atoms with van der Waals surface area (Å²) in [5.74, 6) is -1.97. The lowest BCUT2D eigenvalue weighted by Crippen LogP contribution is -2.26. The highest BCUT2D eigenvalue weighted by Gasteiger charge is 2.21. The highest BCUT2D eigenvalue weighted by atomic mass is 32.1. The second-order valence-corrected chi connectivity index (χ2v) is 6.58. The number of carbonyl (C=O) groups is 1. The highest BCUT2D eigenvalue weighted by Crippen LogP contribution is 2.33. The minimum Gasteiger partial charge on any atom is -0.382 e.